The minimum atomic E-state index is -4.35. The second-order valence-electron chi connectivity index (χ2n) is 18.5. The molecule has 8 nitrogen and oxygen atoms in total. The number of nitrogens with zero attached hydrogens (tertiary/aromatic N) is 1. The zero-order chi connectivity index (χ0) is 45.0. The van der Waals surface area contributed by atoms with E-state index in [1.54, 1.807) is 6.08 Å². The molecule has 0 aliphatic heterocycles. The van der Waals surface area contributed by atoms with Crippen LogP contribution in [0.1, 0.15) is 226 Å². The van der Waals surface area contributed by atoms with Gasteiger partial charge >= 0.3 is 7.82 Å². The number of unbranched alkanes of at least 4 members (excludes halogenated alkanes) is 27. The summed E-state index contributed by atoms with van der Waals surface area (Å²) >= 11 is 0. The molecule has 0 spiro atoms. The van der Waals surface area contributed by atoms with Crippen LogP contribution in [0.2, 0.25) is 0 Å². The van der Waals surface area contributed by atoms with Crippen molar-refractivity contribution in [3.63, 3.8) is 0 Å². The van der Waals surface area contributed by atoms with E-state index in [1.165, 1.54) is 148 Å². The van der Waals surface area contributed by atoms with E-state index in [4.69, 9.17) is 9.05 Å². The molecule has 0 saturated carbocycles. The van der Waals surface area contributed by atoms with E-state index in [0.29, 0.717) is 17.4 Å². The van der Waals surface area contributed by atoms with Crippen LogP contribution >= 0.6 is 7.82 Å². The monoisotopic (exact) mass is 880 g/mol. The molecule has 0 heterocycles. The van der Waals surface area contributed by atoms with Gasteiger partial charge in [0.1, 0.15) is 13.2 Å². The van der Waals surface area contributed by atoms with Crippen LogP contribution in [0.5, 0.6) is 0 Å². The molecule has 0 bridgehead atoms. The molecule has 0 aliphatic rings. The Hall–Kier alpha value is -1.54. The predicted molar refractivity (Wildman–Crippen MR) is 263 cm³/mol. The number of amides is 1. The van der Waals surface area contributed by atoms with Crippen LogP contribution in [0.3, 0.4) is 0 Å². The number of nitrogens with one attached hydrogen (secondary N) is 1. The molecule has 0 aliphatic carbocycles. The highest BCUT2D eigenvalue weighted by atomic mass is 31.2. The Morgan fingerprint density at radius 2 is 0.902 bits per heavy atom. The molecular formula is C52H100N2O6P+. The van der Waals surface area contributed by atoms with Gasteiger partial charge in [0, 0.05) is 6.42 Å². The Balaban J connectivity index is 4.29. The fourth-order valence-corrected chi connectivity index (χ4v) is 7.92. The third-order valence-corrected chi connectivity index (χ3v) is 12.2. The van der Waals surface area contributed by atoms with Gasteiger partial charge in [-0.1, -0.05) is 197 Å². The number of quaternary nitrogens is 1. The van der Waals surface area contributed by atoms with E-state index in [-0.39, 0.29) is 19.1 Å². The maximum absolute atomic E-state index is 12.9. The van der Waals surface area contributed by atoms with Gasteiger partial charge in [-0.2, -0.15) is 0 Å². The van der Waals surface area contributed by atoms with Crippen molar-refractivity contribution in [2.45, 2.75) is 238 Å². The van der Waals surface area contributed by atoms with Crippen molar-refractivity contribution < 1.29 is 32.9 Å². The Kier molecular flexibility index (Phi) is 42.6. The first-order chi connectivity index (χ1) is 29.5. The standard InChI is InChI=1S/C52H99N2O6P/c1-6-8-10-12-14-16-18-20-21-22-23-24-25-26-27-28-29-30-31-32-33-34-35-37-39-41-43-45-51(55)50(49-60-61(57,58)59-48-47-54(3,4)5)53-52(56)46-44-42-40-38-36-19-17-15-13-11-9-7-2/h15,17,31-32,35,37,43,45,50-51,55H,6-14,16,18-30,33-34,36,38-42,44,46-49H2,1-5H3,(H-,53,56,57,58)/p+1/b17-15-,32-31+,37-35+,45-43+. The molecule has 3 N–H and O–H groups in total. The van der Waals surface area contributed by atoms with Gasteiger partial charge in [-0.3, -0.25) is 13.8 Å². The number of carbonyl (C=O) groups excluding carboxylic acids is 1. The lowest BCUT2D eigenvalue weighted by molar-refractivity contribution is -0.870. The summed E-state index contributed by atoms with van der Waals surface area (Å²) in [4.78, 5) is 23.1. The number of aliphatic hydroxyl groups is 1. The number of phosphoric ester groups is 1. The number of hydrogen-bond donors (Lipinski definition) is 3. The lowest BCUT2D eigenvalue weighted by atomic mass is 10.0. The molecule has 0 aromatic carbocycles. The lowest BCUT2D eigenvalue weighted by Crippen LogP contribution is -2.45. The van der Waals surface area contributed by atoms with E-state index in [2.05, 4.69) is 55.6 Å². The Morgan fingerprint density at radius 1 is 0.541 bits per heavy atom. The Bertz CT molecular complexity index is 1130. The van der Waals surface area contributed by atoms with Crippen LogP contribution < -0.4 is 5.32 Å². The van der Waals surface area contributed by atoms with Crippen LogP contribution in [0, 0.1) is 0 Å². The minimum Gasteiger partial charge on any atom is -0.387 e. The SMILES string of the molecule is CCCCC/C=C\CCCCCCCC(=O)NC(COP(=O)(O)OCC[N+](C)(C)C)C(O)/C=C/CC/C=C/CC/C=C/CCCCCCCCCCCCCCCCCCC. The molecule has 0 fully saturated rings. The van der Waals surface area contributed by atoms with Gasteiger partial charge in [0.2, 0.25) is 5.91 Å². The van der Waals surface area contributed by atoms with Gasteiger partial charge in [0.25, 0.3) is 0 Å². The molecule has 1 amide bonds. The summed E-state index contributed by atoms with van der Waals surface area (Å²) < 4.78 is 23.6. The molecule has 0 saturated heterocycles. The highest BCUT2D eigenvalue weighted by Gasteiger charge is 2.27. The van der Waals surface area contributed by atoms with Gasteiger partial charge < -0.3 is 19.8 Å². The zero-order valence-electron chi connectivity index (χ0n) is 40.7. The largest absolute Gasteiger partial charge is 0.472 e. The predicted octanol–water partition coefficient (Wildman–Crippen LogP) is 14.8. The van der Waals surface area contributed by atoms with Crippen LogP contribution in [-0.4, -0.2) is 73.4 Å². The molecule has 0 aromatic rings. The van der Waals surface area contributed by atoms with E-state index >= 15 is 0 Å². The van der Waals surface area contributed by atoms with Gasteiger partial charge in [-0.05, 0) is 70.6 Å². The van der Waals surface area contributed by atoms with Gasteiger partial charge in [0.05, 0.1) is 39.9 Å². The molecule has 0 radical (unpaired) electrons. The summed E-state index contributed by atoms with van der Waals surface area (Å²) in [6, 6.07) is -0.873. The quantitative estimate of drug-likeness (QED) is 0.0243. The highest BCUT2D eigenvalue weighted by Crippen LogP contribution is 2.43. The van der Waals surface area contributed by atoms with Crippen molar-refractivity contribution in [1.29, 1.82) is 0 Å². The van der Waals surface area contributed by atoms with Crippen molar-refractivity contribution in [3.8, 4) is 0 Å². The third kappa shape index (κ3) is 46.3. The van der Waals surface area contributed by atoms with E-state index < -0.39 is 20.0 Å². The summed E-state index contributed by atoms with van der Waals surface area (Å²) in [6.45, 7) is 4.76. The zero-order valence-corrected chi connectivity index (χ0v) is 41.5. The topological polar surface area (TPSA) is 105 Å². The summed E-state index contributed by atoms with van der Waals surface area (Å²) in [5.41, 5.74) is 0. The molecule has 9 heteroatoms. The van der Waals surface area contributed by atoms with Crippen LogP contribution in [0.15, 0.2) is 48.6 Å². The first-order valence-electron chi connectivity index (χ1n) is 25.5. The van der Waals surface area contributed by atoms with E-state index in [9.17, 15) is 19.4 Å². The number of phosphoric acid groups is 1. The Labute approximate surface area is 378 Å². The second kappa shape index (κ2) is 43.7. The molecule has 358 valence electrons. The van der Waals surface area contributed by atoms with Crippen molar-refractivity contribution in [3.05, 3.63) is 48.6 Å². The molecular weight excluding hydrogens is 780 g/mol. The number of carbonyl (C=O) groups is 1. The molecule has 61 heavy (non-hydrogen) atoms. The van der Waals surface area contributed by atoms with Gasteiger partial charge in [0.15, 0.2) is 0 Å². The minimum absolute atomic E-state index is 0.0510. The van der Waals surface area contributed by atoms with Crippen molar-refractivity contribution in [1.82, 2.24) is 5.32 Å². The fraction of sp³-hybridized carbons (Fsp3) is 0.827. The van der Waals surface area contributed by atoms with Gasteiger partial charge in [-0.15, -0.1) is 0 Å². The first-order valence-corrected chi connectivity index (χ1v) is 27.0. The number of likely N-dealkylation sites (N-methyl/N-ethyl adjacent to an activating group) is 1. The van der Waals surface area contributed by atoms with Crippen LogP contribution in [-0.2, 0) is 18.4 Å². The average Bonchev–Trinajstić information content (AvgIpc) is 3.21. The number of rotatable bonds is 46. The lowest BCUT2D eigenvalue weighted by Gasteiger charge is -2.25. The van der Waals surface area contributed by atoms with Crippen molar-refractivity contribution in [2.24, 2.45) is 0 Å². The van der Waals surface area contributed by atoms with E-state index in [1.807, 2.05) is 27.2 Å². The maximum Gasteiger partial charge on any atom is 0.472 e. The summed E-state index contributed by atoms with van der Waals surface area (Å²) in [6.07, 6.45) is 56.4. The average molecular weight is 880 g/mol. The van der Waals surface area contributed by atoms with Crippen LogP contribution in [0.25, 0.3) is 0 Å². The normalized spacial score (nSPS) is 14.5. The highest BCUT2D eigenvalue weighted by molar-refractivity contribution is 7.47. The van der Waals surface area contributed by atoms with E-state index in [0.717, 1.165) is 57.8 Å². The number of hydrogen-bond acceptors (Lipinski definition) is 5. The first kappa shape index (κ1) is 59.5. The smallest absolute Gasteiger partial charge is 0.387 e. The number of aliphatic hydroxyl groups excluding tert-OH is 1. The van der Waals surface area contributed by atoms with Crippen molar-refractivity contribution in [2.75, 3.05) is 40.9 Å². The Morgan fingerprint density at radius 3 is 1.34 bits per heavy atom. The summed E-state index contributed by atoms with van der Waals surface area (Å²) in [5, 5.41) is 13.8. The second-order valence-corrected chi connectivity index (χ2v) is 20.0. The fourth-order valence-electron chi connectivity index (χ4n) is 7.19. The van der Waals surface area contributed by atoms with Crippen molar-refractivity contribution >= 4 is 13.7 Å². The molecule has 0 rings (SSSR count). The molecule has 3 unspecified atom stereocenters. The summed E-state index contributed by atoms with van der Waals surface area (Å²) in [5.74, 6) is -0.202. The maximum atomic E-state index is 12.9. The van der Waals surface area contributed by atoms with Gasteiger partial charge in [-0.25, -0.2) is 4.57 Å². The van der Waals surface area contributed by atoms with Crippen LogP contribution in [0.4, 0.5) is 0 Å². The molecule has 3 atom stereocenters. The molecule has 0 aromatic heterocycles. The summed E-state index contributed by atoms with van der Waals surface area (Å²) in [7, 11) is 1.54. The third-order valence-electron chi connectivity index (χ3n) is 11.2. The number of allylic oxidation sites excluding steroid dienone is 7.